The van der Waals surface area contributed by atoms with Gasteiger partial charge < -0.3 is 29.8 Å². The first kappa shape index (κ1) is 22.8. The number of aliphatic hydroxyl groups is 1. The number of likely N-dealkylation sites (tertiary alicyclic amines) is 1. The molecule has 4 aliphatic rings. The molecule has 0 saturated carbocycles. The number of nitrogens with zero attached hydrogens (tertiary/aromatic N) is 5. The summed E-state index contributed by atoms with van der Waals surface area (Å²) in [6.07, 6.45) is 3.56. The number of amides is 1. The SMILES string of the molecule is Bc1cc2c(cc1Sc1nc3c(N)ncn(CCC4CCN(C(=O)[C@H](C)O)CC4)c-3n1)OCO2. The lowest BCUT2D eigenvalue weighted by Gasteiger charge is -2.33. The fourth-order valence-corrected chi connectivity index (χ4v) is 5.26. The van der Waals surface area contributed by atoms with Gasteiger partial charge in [-0.3, -0.25) is 4.79 Å². The smallest absolute Gasteiger partial charge is 0.251 e. The molecule has 1 atom stereocenters. The number of hydrogen-bond donors (Lipinski definition) is 2. The minimum absolute atomic E-state index is 0.188. The molecule has 34 heavy (non-hydrogen) atoms. The molecule has 4 aliphatic heterocycles. The van der Waals surface area contributed by atoms with Crippen LogP contribution in [0, 0.1) is 5.92 Å². The summed E-state index contributed by atoms with van der Waals surface area (Å²) in [5.41, 5.74) is 7.77. The van der Waals surface area contributed by atoms with Crippen molar-refractivity contribution >= 4 is 36.8 Å². The van der Waals surface area contributed by atoms with Crippen LogP contribution in [-0.2, 0) is 11.3 Å². The fraction of sp³-hybridized carbons (Fsp3) is 0.455. The van der Waals surface area contributed by atoms with E-state index >= 15 is 0 Å². The van der Waals surface area contributed by atoms with E-state index in [-0.39, 0.29) is 12.7 Å². The Labute approximate surface area is 202 Å². The molecule has 12 heteroatoms. The molecular formula is C22H27BN6O4S. The van der Waals surface area contributed by atoms with E-state index in [2.05, 4.69) is 9.97 Å². The minimum atomic E-state index is -0.939. The maximum Gasteiger partial charge on any atom is 0.251 e. The zero-order valence-corrected chi connectivity index (χ0v) is 20.0. The molecule has 0 unspecified atom stereocenters. The van der Waals surface area contributed by atoms with Gasteiger partial charge in [-0.05, 0) is 44.2 Å². The van der Waals surface area contributed by atoms with Crippen molar-refractivity contribution in [2.24, 2.45) is 5.92 Å². The number of ether oxygens (including phenoxy) is 2. The van der Waals surface area contributed by atoms with E-state index in [0.717, 1.165) is 53.5 Å². The highest BCUT2D eigenvalue weighted by Gasteiger charge is 2.26. The third kappa shape index (κ3) is 4.52. The molecule has 1 aromatic carbocycles. The van der Waals surface area contributed by atoms with E-state index in [1.54, 1.807) is 11.2 Å². The number of hydrogen-bond acceptors (Lipinski definition) is 9. The number of carbonyl (C=O) groups excluding carboxylic acids is 1. The molecule has 178 valence electrons. The first-order chi connectivity index (χ1) is 16.4. The van der Waals surface area contributed by atoms with Gasteiger partial charge in [0.15, 0.2) is 34.0 Å². The van der Waals surface area contributed by atoms with Crippen molar-refractivity contribution in [3.63, 3.8) is 0 Å². The summed E-state index contributed by atoms with van der Waals surface area (Å²) in [5.74, 6) is 2.86. The van der Waals surface area contributed by atoms with E-state index in [9.17, 15) is 9.90 Å². The molecule has 1 aromatic rings. The highest BCUT2D eigenvalue weighted by molar-refractivity contribution is 7.99. The van der Waals surface area contributed by atoms with Gasteiger partial charge in [0, 0.05) is 24.5 Å². The van der Waals surface area contributed by atoms with Crippen molar-refractivity contribution in [2.75, 3.05) is 25.6 Å². The predicted octanol–water partition coefficient (Wildman–Crippen LogP) is 0.508. The Hall–Kier alpha value is -2.99. The number of piperidine rings is 1. The van der Waals surface area contributed by atoms with Gasteiger partial charge >= 0.3 is 0 Å². The van der Waals surface area contributed by atoms with E-state index < -0.39 is 6.10 Å². The van der Waals surface area contributed by atoms with E-state index in [0.29, 0.717) is 35.7 Å². The third-order valence-electron chi connectivity index (χ3n) is 6.40. The normalized spacial score (nSPS) is 16.8. The Morgan fingerprint density at radius 1 is 1.29 bits per heavy atom. The Bertz CT molecular complexity index is 1180. The minimum Gasteiger partial charge on any atom is -0.454 e. The monoisotopic (exact) mass is 482 g/mol. The Morgan fingerprint density at radius 2 is 2.03 bits per heavy atom. The Kier molecular flexibility index (Phi) is 6.26. The molecule has 1 saturated heterocycles. The summed E-state index contributed by atoms with van der Waals surface area (Å²) in [7, 11) is 2.02. The van der Waals surface area contributed by atoms with Crippen LogP contribution in [0.4, 0.5) is 5.82 Å². The van der Waals surface area contributed by atoms with Crippen LogP contribution in [0.5, 0.6) is 11.5 Å². The highest BCUT2D eigenvalue weighted by atomic mass is 32.2. The molecule has 0 aliphatic carbocycles. The van der Waals surface area contributed by atoms with Crippen molar-refractivity contribution < 1.29 is 19.4 Å². The fourth-order valence-electron chi connectivity index (χ4n) is 4.40. The number of nitrogens with two attached hydrogens (primary N) is 1. The highest BCUT2D eigenvalue weighted by Crippen LogP contribution is 2.37. The van der Waals surface area contributed by atoms with Crippen LogP contribution in [-0.4, -0.2) is 69.3 Å². The number of anilines is 1. The average Bonchev–Trinajstić information content (AvgIpc) is 3.46. The molecule has 1 amide bonds. The molecule has 0 bridgehead atoms. The van der Waals surface area contributed by atoms with Gasteiger partial charge in [-0.1, -0.05) is 17.2 Å². The molecule has 0 spiro atoms. The van der Waals surface area contributed by atoms with Crippen LogP contribution in [0.3, 0.4) is 0 Å². The van der Waals surface area contributed by atoms with Crippen molar-refractivity contribution in [1.82, 2.24) is 24.4 Å². The first-order valence-corrected chi connectivity index (χ1v) is 12.2. The first-order valence-electron chi connectivity index (χ1n) is 11.4. The Balaban J connectivity index is 1.28. The van der Waals surface area contributed by atoms with Gasteiger partial charge in [0.25, 0.3) is 5.91 Å². The maximum atomic E-state index is 12.0. The van der Waals surface area contributed by atoms with E-state index in [1.807, 2.05) is 24.5 Å². The van der Waals surface area contributed by atoms with Gasteiger partial charge in [-0.2, -0.15) is 0 Å². The van der Waals surface area contributed by atoms with Gasteiger partial charge in [0.05, 0.1) is 6.33 Å². The molecule has 5 rings (SSSR count). The summed E-state index contributed by atoms with van der Waals surface area (Å²) < 4.78 is 13.0. The molecule has 3 N–H and O–H groups in total. The lowest BCUT2D eigenvalue weighted by Crippen LogP contribution is -2.43. The summed E-state index contributed by atoms with van der Waals surface area (Å²) in [5, 5.41) is 10.1. The van der Waals surface area contributed by atoms with Crippen LogP contribution < -0.4 is 20.7 Å². The van der Waals surface area contributed by atoms with Crippen LogP contribution in [0.2, 0.25) is 0 Å². The zero-order chi connectivity index (χ0) is 23.8. The van der Waals surface area contributed by atoms with Crippen molar-refractivity contribution in [2.45, 2.75) is 48.9 Å². The lowest BCUT2D eigenvalue weighted by molar-refractivity contribution is -0.140. The van der Waals surface area contributed by atoms with E-state index in [4.69, 9.17) is 20.2 Å². The third-order valence-corrected chi connectivity index (χ3v) is 7.43. The number of rotatable bonds is 6. The van der Waals surface area contributed by atoms with Gasteiger partial charge in [-0.15, -0.1) is 0 Å². The van der Waals surface area contributed by atoms with Crippen molar-refractivity contribution in [1.29, 1.82) is 0 Å². The molecule has 0 radical (unpaired) electrons. The number of benzene rings is 1. The average molecular weight is 482 g/mol. The number of imidazole rings is 1. The number of nitrogen functional groups attached to an aromatic ring is 1. The largest absolute Gasteiger partial charge is 0.454 e. The van der Waals surface area contributed by atoms with Crippen LogP contribution >= 0.6 is 11.8 Å². The van der Waals surface area contributed by atoms with Gasteiger partial charge in [0.1, 0.15) is 14.0 Å². The second-order valence-corrected chi connectivity index (χ2v) is 9.82. The quantitative estimate of drug-likeness (QED) is 0.483. The van der Waals surface area contributed by atoms with E-state index in [1.165, 1.54) is 18.7 Å². The van der Waals surface area contributed by atoms with Gasteiger partial charge in [0.2, 0.25) is 6.79 Å². The predicted molar refractivity (Wildman–Crippen MR) is 129 cm³/mol. The summed E-state index contributed by atoms with van der Waals surface area (Å²) in [6, 6.07) is 3.91. The second kappa shape index (κ2) is 9.34. The molecule has 1 fully saturated rings. The van der Waals surface area contributed by atoms with Crippen LogP contribution in [0.15, 0.2) is 28.5 Å². The number of aliphatic hydroxyl groups excluding tert-OH is 1. The maximum absolute atomic E-state index is 12.0. The van der Waals surface area contributed by atoms with Crippen LogP contribution in [0.25, 0.3) is 11.5 Å². The summed E-state index contributed by atoms with van der Waals surface area (Å²) >= 11 is 1.46. The number of aromatic nitrogens is 4. The van der Waals surface area contributed by atoms with Crippen molar-refractivity contribution in [3.05, 3.63) is 18.5 Å². The van der Waals surface area contributed by atoms with Crippen LogP contribution in [0.1, 0.15) is 26.2 Å². The molecule has 0 aromatic heterocycles. The van der Waals surface area contributed by atoms with Gasteiger partial charge in [-0.25, -0.2) is 15.0 Å². The Morgan fingerprint density at radius 3 is 2.76 bits per heavy atom. The summed E-state index contributed by atoms with van der Waals surface area (Å²) in [6.45, 7) is 3.86. The zero-order valence-electron chi connectivity index (χ0n) is 19.2. The second-order valence-electron chi connectivity index (χ2n) is 8.81. The molecular weight excluding hydrogens is 455 g/mol. The number of fused-ring (bicyclic) bond motifs is 2. The van der Waals surface area contributed by atoms with Crippen molar-refractivity contribution in [3.8, 4) is 23.0 Å². The number of carbonyl (C=O) groups is 1. The standard InChI is InChI=1S/C22H27BN6O4S/c1-12(30)21(31)28-5-2-13(3-6-28)4-7-29-10-25-19(24)18-20(29)27-22(26-18)34-17-9-16-15(8-14(17)23)32-11-33-16/h8-10,12-13,30H,2-7,11,23-24H2,1H3/t12-/m0/s1. The lowest BCUT2D eigenvalue weighted by atomic mass is 9.93. The topological polar surface area (TPSA) is 129 Å². The number of aryl methyl sites for hydroxylation is 1. The summed E-state index contributed by atoms with van der Waals surface area (Å²) in [4.78, 5) is 28.5. The molecule has 4 heterocycles. The molecule has 10 nitrogen and oxygen atoms in total.